The Hall–Kier alpha value is -3.44. The van der Waals surface area contributed by atoms with Gasteiger partial charge in [0.15, 0.2) is 0 Å². The summed E-state index contributed by atoms with van der Waals surface area (Å²) in [4.78, 5) is 10.9. The van der Waals surface area contributed by atoms with Gasteiger partial charge in [-0.1, -0.05) is 24.3 Å². The van der Waals surface area contributed by atoms with Crippen LogP contribution in [0.3, 0.4) is 0 Å². The number of anilines is 1. The highest BCUT2D eigenvalue weighted by molar-refractivity contribution is 7.93. The van der Waals surface area contributed by atoms with Crippen LogP contribution in [0, 0.1) is 5.82 Å². The number of carboxylic acid groups (broad SMARTS) is 1. The number of thiophene rings is 1. The van der Waals surface area contributed by atoms with Crippen LogP contribution in [-0.4, -0.2) is 19.5 Å². The van der Waals surface area contributed by atoms with Gasteiger partial charge in [0, 0.05) is 4.70 Å². The Morgan fingerprint density at radius 3 is 2.26 bits per heavy atom. The van der Waals surface area contributed by atoms with E-state index < -0.39 is 40.1 Å². The van der Waals surface area contributed by atoms with Crippen molar-refractivity contribution in [2.24, 2.45) is 0 Å². The molecule has 1 aromatic heterocycles. The first-order valence-electron chi connectivity index (χ1n) is 9.67. The summed E-state index contributed by atoms with van der Waals surface area (Å²) in [6, 6.07) is 15.5. The summed E-state index contributed by atoms with van der Waals surface area (Å²) in [6.07, 6.45) is -4.95. The van der Waals surface area contributed by atoms with E-state index in [1.54, 1.807) is 30.3 Å². The fourth-order valence-corrected chi connectivity index (χ4v) is 6.04. The zero-order valence-electron chi connectivity index (χ0n) is 17.1. The molecule has 0 unspecified atom stereocenters. The number of hydrogen-bond donors (Lipinski definition) is 1. The molecule has 0 spiro atoms. The lowest BCUT2D eigenvalue weighted by Gasteiger charge is -2.23. The second-order valence-electron chi connectivity index (χ2n) is 7.28. The normalized spacial score (nSPS) is 12.1. The first-order valence-corrected chi connectivity index (χ1v) is 11.9. The van der Waals surface area contributed by atoms with Crippen molar-refractivity contribution in [3.63, 3.8) is 0 Å². The van der Waals surface area contributed by atoms with Gasteiger partial charge in [-0.15, -0.1) is 11.3 Å². The average molecular weight is 510 g/mol. The Morgan fingerprint density at radius 1 is 0.971 bits per heavy atom. The van der Waals surface area contributed by atoms with E-state index in [9.17, 15) is 30.8 Å². The van der Waals surface area contributed by atoms with E-state index in [0.717, 1.165) is 56.1 Å². The van der Waals surface area contributed by atoms with Crippen molar-refractivity contribution in [3.8, 4) is 0 Å². The Bertz CT molecular complexity index is 1450. The molecule has 176 valence electrons. The molecule has 0 aliphatic carbocycles. The number of rotatable bonds is 6. The van der Waals surface area contributed by atoms with Crippen molar-refractivity contribution in [3.05, 3.63) is 95.3 Å². The largest absolute Gasteiger partial charge is 0.478 e. The molecule has 1 heterocycles. The minimum atomic E-state index is -4.95. The van der Waals surface area contributed by atoms with Gasteiger partial charge in [-0.2, -0.15) is 13.2 Å². The standard InChI is InChI=1S/C23H15F4NO4S2/c24-19-10-5-14(11-18(19)23(25,26)27)13-28(21-12-16-3-1-2-4-20(16)33-21)34(31,32)17-8-6-15(7-9-17)22(29)30/h1-12H,13H2,(H,29,30). The summed E-state index contributed by atoms with van der Waals surface area (Å²) in [5, 5.41) is 10.0. The molecule has 0 saturated heterocycles. The van der Waals surface area contributed by atoms with E-state index in [4.69, 9.17) is 5.11 Å². The lowest BCUT2D eigenvalue weighted by molar-refractivity contribution is -0.140. The van der Waals surface area contributed by atoms with E-state index in [2.05, 4.69) is 0 Å². The number of aromatic carboxylic acids is 1. The molecule has 0 fully saturated rings. The summed E-state index contributed by atoms with van der Waals surface area (Å²) < 4.78 is 82.2. The molecule has 0 saturated carbocycles. The predicted octanol–water partition coefficient (Wildman–Crippen LogP) is 6.15. The highest BCUT2D eigenvalue weighted by Gasteiger charge is 2.35. The molecule has 1 N–H and O–H groups in total. The number of halogens is 4. The molecule has 0 aliphatic heterocycles. The molecule has 0 bridgehead atoms. The van der Waals surface area contributed by atoms with E-state index in [1.165, 1.54) is 0 Å². The summed E-state index contributed by atoms with van der Waals surface area (Å²) in [5.41, 5.74) is -1.69. The van der Waals surface area contributed by atoms with Crippen LogP contribution in [0.4, 0.5) is 22.6 Å². The number of nitrogens with zero attached hydrogens (tertiary/aromatic N) is 1. The van der Waals surface area contributed by atoms with Crippen LogP contribution in [0.5, 0.6) is 0 Å². The lowest BCUT2D eigenvalue weighted by atomic mass is 10.1. The summed E-state index contributed by atoms with van der Waals surface area (Å²) >= 11 is 1.12. The first kappa shape index (κ1) is 23.7. The molecule has 11 heteroatoms. The molecule has 0 aliphatic rings. The summed E-state index contributed by atoms with van der Waals surface area (Å²) in [6.45, 7) is -0.501. The Morgan fingerprint density at radius 2 is 1.65 bits per heavy atom. The quantitative estimate of drug-likeness (QED) is 0.316. The zero-order chi connectivity index (χ0) is 24.7. The van der Waals surface area contributed by atoms with Crippen LogP contribution in [0.25, 0.3) is 10.1 Å². The Labute approximate surface area is 195 Å². The van der Waals surface area contributed by atoms with Crippen molar-refractivity contribution < 1.29 is 35.9 Å². The monoisotopic (exact) mass is 509 g/mol. The maximum Gasteiger partial charge on any atom is 0.419 e. The highest BCUT2D eigenvalue weighted by Crippen LogP contribution is 2.37. The number of alkyl halides is 3. The van der Waals surface area contributed by atoms with Crippen molar-refractivity contribution in [2.75, 3.05) is 4.31 Å². The highest BCUT2D eigenvalue weighted by atomic mass is 32.2. The molecular formula is C23H15F4NO4S2. The van der Waals surface area contributed by atoms with Crippen LogP contribution >= 0.6 is 11.3 Å². The summed E-state index contributed by atoms with van der Waals surface area (Å²) in [5.74, 6) is -2.70. The van der Waals surface area contributed by atoms with Crippen LogP contribution in [0.2, 0.25) is 0 Å². The molecule has 0 amide bonds. The third kappa shape index (κ3) is 4.62. The number of fused-ring (bicyclic) bond motifs is 1. The van der Waals surface area contributed by atoms with Gasteiger partial charge >= 0.3 is 12.1 Å². The molecule has 4 rings (SSSR count). The number of hydrogen-bond acceptors (Lipinski definition) is 4. The molecule has 34 heavy (non-hydrogen) atoms. The first-order chi connectivity index (χ1) is 16.0. The van der Waals surface area contributed by atoms with Gasteiger partial charge in [0.2, 0.25) is 0 Å². The van der Waals surface area contributed by atoms with Gasteiger partial charge in [0.1, 0.15) is 10.8 Å². The fraction of sp³-hybridized carbons (Fsp3) is 0.0870. The van der Waals surface area contributed by atoms with E-state index in [-0.39, 0.29) is 21.0 Å². The molecule has 5 nitrogen and oxygen atoms in total. The molecule has 0 radical (unpaired) electrons. The van der Waals surface area contributed by atoms with Gasteiger partial charge in [-0.25, -0.2) is 17.6 Å². The maximum absolute atomic E-state index is 13.8. The minimum Gasteiger partial charge on any atom is -0.478 e. The van der Waals surface area contributed by atoms with Gasteiger partial charge in [-0.3, -0.25) is 4.31 Å². The van der Waals surface area contributed by atoms with E-state index in [0.29, 0.717) is 12.1 Å². The van der Waals surface area contributed by atoms with Gasteiger partial charge < -0.3 is 5.11 Å². The smallest absolute Gasteiger partial charge is 0.419 e. The molecule has 4 aromatic rings. The van der Waals surface area contributed by atoms with Crippen molar-refractivity contribution >= 4 is 42.4 Å². The molecular weight excluding hydrogens is 494 g/mol. The van der Waals surface area contributed by atoms with Crippen LogP contribution in [0.1, 0.15) is 21.5 Å². The van der Waals surface area contributed by atoms with Gasteiger partial charge in [0.25, 0.3) is 10.0 Å². The number of carbonyl (C=O) groups is 1. The average Bonchev–Trinajstić information content (AvgIpc) is 3.21. The Balaban J connectivity index is 1.83. The van der Waals surface area contributed by atoms with Crippen molar-refractivity contribution in [1.82, 2.24) is 0 Å². The fourth-order valence-electron chi connectivity index (χ4n) is 3.32. The Kier molecular flexibility index (Phi) is 6.09. The second kappa shape index (κ2) is 8.73. The molecule has 0 atom stereocenters. The third-order valence-corrected chi connectivity index (χ3v) is 8.04. The third-order valence-electron chi connectivity index (χ3n) is 5.01. The SMILES string of the molecule is O=C(O)c1ccc(S(=O)(=O)N(Cc2ccc(F)c(C(F)(F)F)c2)c2cc3ccccc3s2)cc1. The minimum absolute atomic E-state index is 0.0723. The van der Waals surface area contributed by atoms with Crippen molar-refractivity contribution in [2.45, 2.75) is 17.6 Å². The number of sulfonamides is 1. The van der Waals surface area contributed by atoms with Crippen molar-refractivity contribution in [1.29, 1.82) is 0 Å². The van der Waals surface area contributed by atoms with Crippen LogP contribution < -0.4 is 4.31 Å². The topological polar surface area (TPSA) is 74.7 Å². The number of carboxylic acids is 1. The second-order valence-corrected chi connectivity index (χ2v) is 10.2. The van der Waals surface area contributed by atoms with Gasteiger partial charge in [0.05, 0.1) is 22.6 Å². The lowest BCUT2D eigenvalue weighted by Crippen LogP contribution is -2.30. The molecule has 3 aromatic carbocycles. The van der Waals surface area contributed by atoms with Crippen LogP contribution in [0.15, 0.2) is 77.7 Å². The summed E-state index contributed by atoms with van der Waals surface area (Å²) in [7, 11) is -4.33. The maximum atomic E-state index is 13.8. The van der Waals surface area contributed by atoms with Crippen LogP contribution in [-0.2, 0) is 22.7 Å². The number of benzene rings is 3. The predicted molar refractivity (Wildman–Crippen MR) is 120 cm³/mol. The zero-order valence-corrected chi connectivity index (χ0v) is 18.7. The van der Waals surface area contributed by atoms with E-state index in [1.807, 2.05) is 0 Å². The van der Waals surface area contributed by atoms with Gasteiger partial charge in [-0.05, 0) is 59.5 Å². The van der Waals surface area contributed by atoms with E-state index >= 15 is 0 Å².